The highest BCUT2D eigenvalue weighted by Crippen LogP contribution is 2.28. The van der Waals surface area contributed by atoms with Crippen molar-refractivity contribution in [2.45, 2.75) is 13.8 Å². The molecule has 0 fully saturated rings. The summed E-state index contributed by atoms with van der Waals surface area (Å²) in [6.07, 6.45) is 0. The number of benzene rings is 3. The van der Waals surface area contributed by atoms with Gasteiger partial charge in [0.25, 0.3) is 5.91 Å². The molecule has 0 aliphatic carbocycles. The van der Waals surface area contributed by atoms with Crippen molar-refractivity contribution in [1.29, 1.82) is 0 Å². The molecule has 0 aliphatic heterocycles. The summed E-state index contributed by atoms with van der Waals surface area (Å²) in [6.45, 7) is 3.76. The van der Waals surface area contributed by atoms with Crippen LogP contribution in [0, 0.1) is 13.8 Å². The number of halogens is 1. The molecule has 4 heteroatoms. The Labute approximate surface area is 158 Å². The fourth-order valence-electron chi connectivity index (χ4n) is 2.79. The Balaban J connectivity index is 1.70. The van der Waals surface area contributed by atoms with Crippen LogP contribution in [0.5, 0.6) is 5.75 Å². The first-order valence-electron chi connectivity index (χ1n) is 8.38. The largest absolute Gasteiger partial charge is 0.484 e. The lowest BCUT2D eigenvalue weighted by molar-refractivity contribution is -0.118. The quantitative estimate of drug-likeness (QED) is 0.635. The number of amides is 1. The summed E-state index contributed by atoms with van der Waals surface area (Å²) in [5.74, 6) is 0.425. The van der Waals surface area contributed by atoms with Gasteiger partial charge in [0.2, 0.25) is 0 Å². The van der Waals surface area contributed by atoms with Crippen molar-refractivity contribution in [3.63, 3.8) is 0 Å². The first-order chi connectivity index (χ1) is 12.5. The molecule has 0 spiro atoms. The molecule has 0 heterocycles. The van der Waals surface area contributed by atoms with Crippen LogP contribution in [0.4, 0.5) is 5.69 Å². The van der Waals surface area contributed by atoms with Crippen LogP contribution < -0.4 is 10.1 Å². The second kappa shape index (κ2) is 8.07. The van der Waals surface area contributed by atoms with E-state index in [1.54, 1.807) is 0 Å². The Kier molecular flexibility index (Phi) is 5.59. The van der Waals surface area contributed by atoms with Crippen molar-refractivity contribution in [1.82, 2.24) is 0 Å². The third kappa shape index (κ3) is 4.24. The molecule has 3 aromatic carbocycles. The number of carbonyl (C=O) groups is 1. The topological polar surface area (TPSA) is 38.3 Å². The van der Waals surface area contributed by atoms with Gasteiger partial charge in [0, 0.05) is 16.3 Å². The molecule has 0 atom stereocenters. The summed E-state index contributed by atoms with van der Waals surface area (Å²) in [7, 11) is 0. The normalized spacial score (nSPS) is 10.4. The van der Waals surface area contributed by atoms with Gasteiger partial charge in [0.05, 0.1) is 0 Å². The number of nitrogens with one attached hydrogen (secondary N) is 1. The van der Waals surface area contributed by atoms with Crippen LogP contribution in [0.3, 0.4) is 0 Å². The molecular formula is C22H20ClNO2. The van der Waals surface area contributed by atoms with Crippen LogP contribution in [0.2, 0.25) is 5.02 Å². The fraction of sp³-hybridized carbons (Fsp3) is 0.136. The molecule has 0 saturated heterocycles. The van der Waals surface area contributed by atoms with Gasteiger partial charge in [0.1, 0.15) is 5.75 Å². The maximum atomic E-state index is 12.3. The molecule has 3 rings (SSSR count). The smallest absolute Gasteiger partial charge is 0.262 e. The summed E-state index contributed by atoms with van der Waals surface area (Å²) in [6, 6.07) is 21.3. The van der Waals surface area contributed by atoms with E-state index in [1.165, 1.54) is 0 Å². The second-order valence-corrected chi connectivity index (χ2v) is 6.50. The number of aryl methyl sites for hydroxylation is 2. The van der Waals surface area contributed by atoms with Crippen molar-refractivity contribution in [3.8, 4) is 16.9 Å². The van der Waals surface area contributed by atoms with Gasteiger partial charge in [-0.2, -0.15) is 0 Å². The van der Waals surface area contributed by atoms with Gasteiger partial charge in [0.15, 0.2) is 6.61 Å². The average Bonchev–Trinajstić information content (AvgIpc) is 2.65. The predicted molar refractivity (Wildman–Crippen MR) is 107 cm³/mol. The molecular weight excluding hydrogens is 346 g/mol. The summed E-state index contributed by atoms with van der Waals surface area (Å²) in [5.41, 5.74) is 4.64. The summed E-state index contributed by atoms with van der Waals surface area (Å²) < 4.78 is 5.63. The van der Waals surface area contributed by atoms with Gasteiger partial charge in [-0.1, -0.05) is 60.1 Å². The number of anilines is 1. The molecule has 26 heavy (non-hydrogen) atoms. The van der Waals surface area contributed by atoms with E-state index in [0.717, 1.165) is 33.0 Å². The average molecular weight is 366 g/mol. The Morgan fingerprint density at radius 3 is 2.27 bits per heavy atom. The van der Waals surface area contributed by atoms with Gasteiger partial charge in [-0.15, -0.1) is 0 Å². The minimum atomic E-state index is -0.210. The highest BCUT2D eigenvalue weighted by atomic mass is 35.5. The van der Waals surface area contributed by atoms with Crippen molar-refractivity contribution in [2.24, 2.45) is 0 Å². The van der Waals surface area contributed by atoms with E-state index in [9.17, 15) is 4.79 Å². The molecule has 0 bridgehead atoms. The number of para-hydroxylation sites is 1. The van der Waals surface area contributed by atoms with Crippen LogP contribution >= 0.6 is 11.6 Å². The molecule has 3 nitrogen and oxygen atoms in total. The molecule has 0 aliphatic rings. The van der Waals surface area contributed by atoms with E-state index in [-0.39, 0.29) is 12.5 Å². The summed E-state index contributed by atoms with van der Waals surface area (Å²) >= 11 is 6.16. The Hall–Kier alpha value is -2.78. The number of carbonyl (C=O) groups excluding carboxylic acids is 1. The molecule has 1 N–H and O–H groups in total. The zero-order valence-electron chi connectivity index (χ0n) is 14.8. The summed E-state index contributed by atoms with van der Waals surface area (Å²) in [4.78, 5) is 12.3. The van der Waals surface area contributed by atoms with E-state index in [0.29, 0.717) is 5.75 Å². The molecule has 132 valence electrons. The van der Waals surface area contributed by atoms with Gasteiger partial charge < -0.3 is 10.1 Å². The molecule has 0 saturated carbocycles. The van der Waals surface area contributed by atoms with E-state index in [2.05, 4.69) is 5.32 Å². The molecule has 3 aromatic rings. The predicted octanol–water partition coefficient (Wildman–Crippen LogP) is 5.64. The zero-order chi connectivity index (χ0) is 18.5. The van der Waals surface area contributed by atoms with Crippen molar-refractivity contribution < 1.29 is 9.53 Å². The highest BCUT2D eigenvalue weighted by Gasteiger charge is 2.10. The van der Waals surface area contributed by atoms with E-state index >= 15 is 0 Å². The molecule has 0 radical (unpaired) electrons. The Bertz CT molecular complexity index is 899. The van der Waals surface area contributed by atoms with Gasteiger partial charge in [-0.3, -0.25) is 4.79 Å². The van der Waals surface area contributed by atoms with Gasteiger partial charge in [-0.25, -0.2) is 0 Å². The van der Waals surface area contributed by atoms with Crippen molar-refractivity contribution >= 4 is 23.2 Å². The van der Waals surface area contributed by atoms with Crippen LogP contribution in [-0.2, 0) is 4.79 Å². The van der Waals surface area contributed by atoms with Crippen LogP contribution in [-0.4, -0.2) is 12.5 Å². The van der Waals surface area contributed by atoms with E-state index < -0.39 is 0 Å². The molecule has 0 unspecified atom stereocenters. The van der Waals surface area contributed by atoms with Crippen LogP contribution in [0.1, 0.15) is 11.1 Å². The molecule has 0 aromatic heterocycles. The monoisotopic (exact) mass is 365 g/mol. The standard InChI is InChI=1S/C22H20ClNO2/c1-15-12-18(13-16(2)22(15)23)26-14-21(25)24-20-11-7-6-10-19(20)17-8-4-3-5-9-17/h3-13H,14H2,1-2H3,(H,24,25). The lowest BCUT2D eigenvalue weighted by Gasteiger charge is -2.13. The van der Waals surface area contributed by atoms with Gasteiger partial charge in [-0.05, 0) is 48.7 Å². The zero-order valence-corrected chi connectivity index (χ0v) is 15.5. The van der Waals surface area contributed by atoms with Crippen molar-refractivity contribution in [2.75, 3.05) is 11.9 Å². The maximum absolute atomic E-state index is 12.3. The number of ether oxygens (including phenoxy) is 1. The van der Waals surface area contributed by atoms with Crippen LogP contribution in [0.25, 0.3) is 11.1 Å². The van der Waals surface area contributed by atoms with Crippen LogP contribution in [0.15, 0.2) is 66.7 Å². The fourth-order valence-corrected chi connectivity index (χ4v) is 2.90. The first kappa shape index (κ1) is 18.0. The third-order valence-electron chi connectivity index (χ3n) is 4.07. The highest BCUT2D eigenvalue weighted by molar-refractivity contribution is 6.32. The second-order valence-electron chi connectivity index (χ2n) is 6.12. The minimum absolute atomic E-state index is 0.0658. The third-order valence-corrected chi connectivity index (χ3v) is 4.66. The molecule has 1 amide bonds. The Morgan fingerprint density at radius 2 is 1.58 bits per heavy atom. The van der Waals surface area contributed by atoms with Gasteiger partial charge >= 0.3 is 0 Å². The lowest BCUT2D eigenvalue weighted by atomic mass is 10.0. The number of hydrogen-bond donors (Lipinski definition) is 1. The lowest BCUT2D eigenvalue weighted by Crippen LogP contribution is -2.20. The van der Waals surface area contributed by atoms with Crippen molar-refractivity contribution in [3.05, 3.63) is 82.9 Å². The van der Waals surface area contributed by atoms with E-state index in [1.807, 2.05) is 80.6 Å². The first-order valence-corrected chi connectivity index (χ1v) is 8.76. The Morgan fingerprint density at radius 1 is 0.962 bits per heavy atom. The SMILES string of the molecule is Cc1cc(OCC(=O)Nc2ccccc2-c2ccccc2)cc(C)c1Cl. The number of hydrogen-bond acceptors (Lipinski definition) is 2. The number of rotatable bonds is 5. The summed E-state index contributed by atoms with van der Waals surface area (Å²) in [5, 5.41) is 3.65. The maximum Gasteiger partial charge on any atom is 0.262 e. The minimum Gasteiger partial charge on any atom is -0.484 e. The van der Waals surface area contributed by atoms with E-state index in [4.69, 9.17) is 16.3 Å².